The van der Waals surface area contributed by atoms with Gasteiger partial charge in [0.2, 0.25) is 0 Å². The molecule has 2 aliphatic heterocycles. The molecule has 2 rings (SSSR count). The molecule has 0 radical (unpaired) electrons. The van der Waals surface area contributed by atoms with Crippen molar-refractivity contribution in [3.8, 4) is 0 Å². The number of hydrogen-bond donors (Lipinski definition) is 1. The van der Waals surface area contributed by atoms with Crippen molar-refractivity contribution in [1.29, 1.82) is 0 Å². The molecule has 1 N–H and O–H groups in total. The van der Waals surface area contributed by atoms with Gasteiger partial charge in [-0.3, -0.25) is 0 Å². The lowest BCUT2D eigenvalue weighted by Gasteiger charge is -2.25. The summed E-state index contributed by atoms with van der Waals surface area (Å²) in [5.74, 6) is -0.978. The van der Waals surface area contributed by atoms with Crippen LogP contribution in [0.1, 0.15) is 19.3 Å². The van der Waals surface area contributed by atoms with Gasteiger partial charge in [-0.1, -0.05) is 6.42 Å². The standard InChI is InChI=1S/C9H14O6S/c10-8(11)6-5-14-9(15-6)7-3-1-2-4-16(7,12)13/h6-7,9H,1-5H2,(H,10,11). The number of carboxylic acids is 1. The Labute approximate surface area is 93.5 Å². The average Bonchev–Trinajstić information content (AvgIpc) is 2.65. The second-order valence-corrected chi connectivity index (χ2v) is 6.41. The molecule has 3 atom stereocenters. The van der Waals surface area contributed by atoms with Crippen molar-refractivity contribution in [2.24, 2.45) is 0 Å². The van der Waals surface area contributed by atoms with Crippen LogP contribution in [0.4, 0.5) is 0 Å². The number of aliphatic carboxylic acids is 1. The van der Waals surface area contributed by atoms with Crippen molar-refractivity contribution < 1.29 is 27.8 Å². The number of carbonyl (C=O) groups is 1. The summed E-state index contributed by atoms with van der Waals surface area (Å²) in [5, 5.41) is 8.00. The summed E-state index contributed by atoms with van der Waals surface area (Å²) in [6, 6.07) is 0. The van der Waals surface area contributed by atoms with Gasteiger partial charge < -0.3 is 14.6 Å². The first-order chi connectivity index (χ1) is 7.50. The molecule has 0 aliphatic carbocycles. The van der Waals surface area contributed by atoms with Gasteiger partial charge in [0.25, 0.3) is 0 Å². The summed E-state index contributed by atoms with van der Waals surface area (Å²) in [6.45, 7) is -0.0774. The van der Waals surface area contributed by atoms with E-state index in [0.29, 0.717) is 12.8 Å². The van der Waals surface area contributed by atoms with Gasteiger partial charge in [-0.15, -0.1) is 0 Å². The van der Waals surface area contributed by atoms with Gasteiger partial charge in [-0.25, -0.2) is 13.2 Å². The van der Waals surface area contributed by atoms with E-state index in [1.807, 2.05) is 0 Å². The first-order valence-electron chi connectivity index (χ1n) is 5.22. The molecule has 7 heteroatoms. The van der Waals surface area contributed by atoms with E-state index in [2.05, 4.69) is 0 Å². The molecule has 2 aliphatic rings. The van der Waals surface area contributed by atoms with Crippen molar-refractivity contribution in [3.63, 3.8) is 0 Å². The van der Waals surface area contributed by atoms with Crippen LogP contribution in [0.25, 0.3) is 0 Å². The van der Waals surface area contributed by atoms with Crippen LogP contribution in [-0.2, 0) is 24.1 Å². The fourth-order valence-corrected chi connectivity index (χ4v) is 3.95. The van der Waals surface area contributed by atoms with Crippen LogP contribution in [0.2, 0.25) is 0 Å². The maximum absolute atomic E-state index is 11.7. The minimum absolute atomic E-state index is 0.0774. The molecule has 0 amide bonds. The molecule has 0 aromatic heterocycles. The summed E-state index contributed by atoms with van der Waals surface area (Å²) in [5.41, 5.74) is 0. The number of carboxylic acid groups (broad SMARTS) is 1. The van der Waals surface area contributed by atoms with E-state index in [4.69, 9.17) is 14.6 Å². The van der Waals surface area contributed by atoms with Crippen molar-refractivity contribution in [2.75, 3.05) is 12.4 Å². The summed E-state index contributed by atoms with van der Waals surface area (Å²) >= 11 is 0. The first kappa shape index (κ1) is 11.8. The molecule has 0 aromatic rings. The molecule has 16 heavy (non-hydrogen) atoms. The minimum Gasteiger partial charge on any atom is -0.479 e. The van der Waals surface area contributed by atoms with Gasteiger partial charge in [0.15, 0.2) is 22.2 Å². The highest BCUT2D eigenvalue weighted by molar-refractivity contribution is 7.92. The van der Waals surface area contributed by atoms with Gasteiger partial charge in [-0.05, 0) is 12.8 Å². The first-order valence-corrected chi connectivity index (χ1v) is 6.94. The fraction of sp³-hybridized carbons (Fsp3) is 0.889. The summed E-state index contributed by atoms with van der Waals surface area (Å²) in [4.78, 5) is 10.6. The Balaban J connectivity index is 2.06. The average molecular weight is 250 g/mol. The zero-order valence-corrected chi connectivity index (χ0v) is 9.48. The molecule has 0 spiro atoms. The van der Waals surface area contributed by atoms with Crippen LogP contribution in [-0.4, -0.2) is 49.5 Å². The van der Waals surface area contributed by atoms with Gasteiger partial charge in [0.1, 0.15) is 5.25 Å². The molecule has 0 saturated carbocycles. The van der Waals surface area contributed by atoms with Crippen LogP contribution in [0.5, 0.6) is 0 Å². The van der Waals surface area contributed by atoms with Crippen LogP contribution >= 0.6 is 0 Å². The van der Waals surface area contributed by atoms with Crippen LogP contribution in [0.3, 0.4) is 0 Å². The van der Waals surface area contributed by atoms with E-state index in [0.717, 1.165) is 6.42 Å². The van der Waals surface area contributed by atoms with Crippen molar-refractivity contribution in [2.45, 2.75) is 36.9 Å². The zero-order valence-electron chi connectivity index (χ0n) is 8.66. The number of sulfone groups is 1. The second kappa shape index (κ2) is 4.31. The van der Waals surface area contributed by atoms with E-state index in [9.17, 15) is 13.2 Å². The molecule has 0 aromatic carbocycles. The smallest absolute Gasteiger partial charge is 0.335 e. The molecule has 3 unspecified atom stereocenters. The lowest BCUT2D eigenvalue weighted by Crippen LogP contribution is -2.39. The summed E-state index contributed by atoms with van der Waals surface area (Å²) in [7, 11) is -3.20. The molecule has 92 valence electrons. The van der Waals surface area contributed by atoms with Crippen LogP contribution < -0.4 is 0 Å². The molecule has 2 fully saturated rings. The quantitative estimate of drug-likeness (QED) is 0.728. The SMILES string of the molecule is O=C(O)C1COC(C2CCCCS2(=O)=O)O1. The molecular weight excluding hydrogens is 236 g/mol. The maximum atomic E-state index is 11.7. The zero-order chi connectivity index (χ0) is 11.8. The largest absolute Gasteiger partial charge is 0.479 e. The molecule has 6 nitrogen and oxygen atoms in total. The Morgan fingerprint density at radius 3 is 2.62 bits per heavy atom. The highest BCUT2D eigenvalue weighted by Crippen LogP contribution is 2.28. The minimum atomic E-state index is -3.20. The van der Waals surface area contributed by atoms with Gasteiger partial charge >= 0.3 is 5.97 Å². The predicted molar refractivity (Wildman–Crippen MR) is 53.7 cm³/mol. The molecular formula is C9H14O6S. The number of ether oxygens (including phenoxy) is 2. The lowest BCUT2D eigenvalue weighted by molar-refractivity contribution is -0.150. The third-order valence-electron chi connectivity index (χ3n) is 2.92. The normalized spacial score (nSPS) is 38.4. The lowest BCUT2D eigenvalue weighted by atomic mass is 10.2. The molecule has 2 heterocycles. The van der Waals surface area contributed by atoms with Crippen LogP contribution in [0.15, 0.2) is 0 Å². The third kappa shape index (κ3) is 2.21. The highest BCUT2D eigenvalue weighted by Gasteiger charge is 2.43. The van der Waals surface area contributed by atoms with E-state index in [1.165, 1.54) is 0 Å². The van der Waals surface area contributed by atoms with E-state index >= 15 is 0 Å². The van der Waals surface area contributed by atoms with Gasteiger partial charge in [0, 0.05) is 0 Å². The third-order valence-corrected chi connectivity index (χ3v) is 5.16. The van der Waals surface area contributed by atoms with Crippen LogP contribution in [0, 0.1) is 0 Å². The molecule has 2 saturated heterocycles. The maximum Gasteiger partial charge on any atom is 0.335 e. The second-order valence-electron chi connectivity index (χ2n) is 4.07. The Morgan fingerprint density at radius 1 is 1.31 bits per heavy atom. The van der Waals surface area contributed by atoms with Gasteiger partial charge in [-0.2, -0.15) is 0 Å². The Morgan fingerprint density at radius 2 is 2.06 bits per heavy atom. The highest BCUT2D eigenvalue weighted by atomic mass is 32.2. The predicted octanol–water partition coefficient (Wildman–Crippen LogP) is -0.220. The topological polar surface area (TPSA) is 89.9 Å². The van der Waals surface area contributed by atoms with Gasteiger partial charge in [0.05, 0.1) is 12.4 Å². The fourth-order valence-electron chi connectivity index (χ4n) is 2.03. The summed E-state index contributed by atoms with van der Waals surface area (Å²) < 4.78 is 33.7. The number of rotatable bonds is 2. The van der Waals surface area contributed by atoms with Crippen molar-refractivity contribution in [3.05, 3.63) is 0 Å². The van der Waals surface area contributed by atoms with Crippen molar-refractivity contribution >= 4 is 15.8 Å². The Hall–Kier alpha value is -0.660. The monoisotopic (exact) mass is 250 g/mol. The number of hydrogen-bond acceptors (Lipinski definition) is 5. The Bertz CT molecular complexity index is 375. The Kier molecular flexibility index (Phi) is 3.18. The molecule has 0 bridgehead atoms. The summed E-state index contributed by atoms with van der Waals surface area (Å²) in [6.07, 6.45) is 0.00602. The van der Waals surface area contributed by atoms with E-state index in [1.54, 1.807) is 0 Å². The van der Waals surface area contributed by atoms with E-state index in [-0.39, 0.29) is 12.4 Å². The van der Waals surface area contributed by atoms with E-state index < -0.39 is 33.5 Å². The van der Waals surface area contributed by atoms with Crippen molar-refractivity contribution in [1.82, 2.24) is 0 Å².